The first-order valence-corrected chi connectivity index (χ1v) is 9.51. The Hall–Kier alpha value is 0.700. The van der Waals surface area contributed by atoms with Gasteiger partial charge in [-0.05, 0) is 74.4 Å². The van der Waals surface area contributed by atoms with Gasteiger partial charge in [-0.25, -0.2) is 0 Å². The first kappa shape index (κ1) is 17.1. The average molecular weight is 595 g/mol. The van der Waals surface area contributed by atoms with Crippen LogP contribution >= 0.6 is 82.0 Å². The average Bonchev–Trinajstić information content (AvgIpc) is 2.40. The van der Waals surface area contributed by atoms with Gasteiger partial charge in [-0.2, -0.15) is 0 Å². The predicted octanol–water partition coefficient (Wildman–Crippen LogP) is 6.96. The lowest BCUT2D eigenvalue weighted by molar-refractivity contribution is 0.408. The third-order valence-electron chi connectivity index (χ3n) is 2.75. The lowest BCUT2D eigenvalue weighted by Gasteiger charge is -2.18. The van der Waals surface area contributed by atoms with Gasteiger partial charge in [-0.1, -0.05) is 43.5 Å². The van der Waals surface area contributed by atoms with Crippen LogP contribution in [0.5, 0.6) is 5.75 Å². The molecule has 2 rings (SSSR count). The second kappa shape index (κ2) is 7.31. The molecule has 0 aliphatic heterocycles. The molecule has 0 radical (unpaired) electrons. The van der Waals surface area contributed by atoms with E-state index in [1.807, 2.05) is 18.2 Å². The summed E-state index contributed by atoms with van der Waals surface area (Å²) < 4.78 is 8.54. The Kier molecular flexibility index (Phi) is 6.23. The van der Waals surface area contributed by atoms with Crippen molar-refractivity contribution in [3.05, 3.63) is 59.0 Å². The smallest absolute Gasteiger partial charge is 0.137 e. The Bertz CT molecular complexity index is 649. The fourth-order valence-electron chi connectivity index (χ4n) is 1.86. The molecule has 0 N–H and O–H groups in total. The predicted molar refractivity (Wildman–Crippen MR) is 103 cm³/mol. The van der Waals surface area contributed by atoms with E-state index in [0.29, 0.717) is 5.02 Å². The van der Waals surface area contributed by atoms with Crippen LogP contribution < -0.4 is 4.74 Å². The minimum atomic E-state index is -0.0171. The molecule has 0 fully saturated rings. The van der Waals surface area contributed by atoms with Crippen LogP contribution in [-0.4, -0.2) is 7.11 Å². The number of halogens is 5. The van der Waals surface area contributed by atoms with Gasteiger partial charge in [0.1, 0.15) is 5.75 Å². The Labute approximate surface area is 161 Å². The van der Waals surface area contributed by atoms with Gasteiger partial charge < -0.3 is 4.74 Å². The second-order valence-corrected chi connectivity index (χ2v) is 8.34. The molecule has 0 spiro atoms. The highest BCUT2D eigenvalue weighted by Crippen LogP contribution is 2.44. The molecular weight excluding hydrogens is 586 g/mol. The molecule has 0 bridgehead atoms. The summed E-state index contributed by atoms with van der Waals surface area (Å²) in [6.07, 6.45) is 0. The molecule has 0 heterocycles. The highest BCUT2D eigenvalue weighted by Gasteiger charge is 2.20. The summed E-state index contributed by atoms with van der Waals surface area (Å²) in [5.74, 6) is 0.780. The van der Waals surface area contributed by atoms with Gasteiger partial charge in [0.05, 0.1) is 16.4 Å². The summed E-state index contributed by atoms with van der Waals surface area (Å²) in [4.78, 5) is -0.0171. The molecule has 20 heavy (non-hydrogen) atoms. The van der Waals surface area contributed by atoms with Crippen molar-refractivity contribution < 1.29 is 4.74 Å². The van der Waals surface area contributed by atoms with E-state index in [-0.39, 0.29) is 4.83 Å². The van der Waals surface area contributed by atoms with E-state index >= 15 is 0 Å². The van der Waals surface area contributed by atoms with Gasteiger partial charge in [0, 0.05) is 18.6 Å². The molecule has 106 valence electrons. The lowest BCUT2D eigenvalue weighted by atomic mass is 10.0. The molecule has 0 saturated heterocycles. The van der Waals surface area contributed by atoms with E-state index in [1.165, 1.54) is 3.57 Å². The largest absolute Gasteiger partial charge is 0.495 e. The molecule has 0 amide bonds. The van der Waals surface area contributed by atoms with Crippen LogP contribution in [0.2, 0.25) is 5.02 Å². The zero-order valence-electron chi connectivity index (χ0n) is 10.3. The van der Waals surface area contributed by atoms with Crippen LogP contribution in [0.25, 0.3) is 0 Å². The first-order valence-electron chi connectivity index (χ1n) is 5.56. The zero-order chi connectivity index (χ0) is 14.9. The Morgan fingerprint density at radius 1 is 1.10 bits per heavy atom. The third kappa shape index (κ3) is 3.72. The monoisotopic (exact) mass is 592 g/mol. The van der Waals surface area contributed by atoms with E-state index in [9.17, 15) is 0 Å². The highest BCUT2D eigenvalue weighted by atomic mass is 127. The van der Waals surface area contributed by atoms with Gasteiger partial charge in [0.15, 0.2) is 0 Å². The van der Waals surface area contributed by atoms with Crippen molar-refractivity contribution in [3.8, 4) is 5.75 Å². The van der Waals surface area contributed by atoms with Crippen molar-refractivity contribution in [1.82, 2.24) is 0 Å². The van der Waals surface area contributed by atoms with Crippen LogP contribution in [0.15, 0.2) is 39.3 Å². The normalized spacial score (nSPS) is 12.3. The van der Waals surface area contributed by atoms with Crippen molar-refractivity contribution in [2.45, 2.75) is 4.83 Å². The molecule has 2 aromatic rings. The van der Waals surface area contributed by atoms with Crippen molar-refractivity contribution in [1.29, 1.82) is 0 Å². The third-order valence-corrected chi connectivity index (χ3v) is 5.93. The van der Waals surface area contributed by atoms with Crippen LogP contribution in [0.1, 0.15) is 16.0 Å². The van der Waals surface area contributed by atoms with Crippen molar-refractivity contribution in [3.63, 3.8) is 0 Å². The molecule has 0 aliphatic rings. The maximum Gasteiger partial charge on any atom is 0.137 e. The second-order valence-electron chi connectivity index (χ2n) is 4.04. The van der Waals surface area contributed by atoms with Gasteiger partial charge in [-0.3, -0.25) is 0 Å². The summed E-state index contributed by atoms with van der Waals surface area (Å²) in [7, 11) is 1.65. The zero-order valence-corrected chi connectivity index (χ0v) is 17.9. The molecule has 0 aromatic heterocycles. The van der Waals surface area contributed by atoms with Crippen LogP contribution in [0.3, 0.4) is 0 Å². The molecule has 1 atom stereocenters. The highest BCUT2D eigenvalue weighted by molar-refractivity contribution is 14.1. The number of ether oxygens (including phenoxy) is 1. The maximum absolute atomic E-state index is 6.16. The molecule has 0 saturated carbocycles. The van der Waals surface area contributed by atoms with E-state index in [4.69, 9.17) is 16.3 Å². The maximum atomic E-state index is 6.16. The minimum absolute atomic E-state index is 0.0171. The number of rotatable bonds is 3. The standard InChI is InChI=1S/C14H9Br3ClIO/c1-20-14-10(4-7(18)5-12(14)16)13(17)9-6-8(19)2-3-11(9)15/h2-6,13H,1H3. The van der Waals surface area contributed by atoms with Crippen molar-refractivity contribution >= 4 is 82.0 Å². The number of benzene rings is 2. The van der Waals surface area contributed by atoms with E-state index in [0.717, 1.165) is 25.8 Å². The minimum Gasteiger partial charge on any atom is -0.495 e. The first-order chi connectivity index (χ1) is 9.43. The summed E-state index contributed by atoms with van der Waals surface area (Å²) in [5, 5.41) is 0.666. The Morgan fingerprint density at radius 3 is 2.45 bits per heavy atom. The lowest BCUT2D eigenvalue weighted by Crippen LogP contribution is -1.99. The number of hydrogen-bond donors (Lipinski definition) is 0. The van der Waals surface area contributed by atoms with E-state index in [1.54, 1.807) is 7.11 Å². The summed E-state index contributed by atoms with van der Waals surface area (Å²) in [6.45, 7) is 0. The molecule has 6 heteroatoms. The number of hydrogen-bond acceptors (Lipinski definition) is 1. The molecular formula is C14H9Br3ClIO. The van der Waals surface area contributed by atoms with Crippen LogP contribution in [0, 0.1) is 3.57 Å². The van der Waals surface area contributed by atoms with Gasteiger partial charge in [-0.15, -0.1) is 0 Å². The van der Waals surface area contributed by atoms with Crippen LogP contribution in [-0.2, 0) is 0 Å². The summed E-state index contributed by atoms with van der Waals surface area (Å²) in [6, 6.07) is 9.96. The SMILES string of the molecule is COc1c(Br)cc(Cl)cc1C(Br)c1cc(I)ccc1Br. The summed E-state index contributed by atoms with van der Waals surface area (Å²) >= 11 is 19.3. The summed E-state index contributed by atoms with van der Waals surface area (Å²) in [5.41, 5.74) is 2.11. The van der Waals surface area contributed by atoms with Crippen molar-refractivity contribution in [2.24, 2.45) is 0 Å². The fraction of sp³-hybridized carbons (Fsp3) is 0.143. The van der Waals surface area contributed by atoms with Gasteiger partial charge in [0.25, 0.3) is 0 Å². The van der Waals surface area contributed by atoms with Crippen LogP contribution in [0.4, 0.5) is 0 Å². The number of methoxy groups -OCH3 is 1. The van der Waals surface area contributed by atoms with Gasteiger partial charge in [0.2, 0.25) is 0 Å². The molecule has 0 aliphatic carbocycles. The van der Waals surface area contributed by atoms with Gasteiger partial charge >= 0.3 is 0 Å². The van der Waals surface area contributed by atoms with Crippen molar-refractivity contribution in [2.75, 3.05) is 7.11 Å². The number of alkyl halides is 1. The fourth-order valence-corrected chi connectivity index (χ4v) is 4.87. The molecule has 1 nitrogen and oxygen atoms in total. The van der Waals surface area contributed by atoms with E-state index < -0.39 is 0 Å². The Balaban J connectivity index is 2.58. The topological polar surface area (TPSA) is 9.23 Å². The molecule has 2 aromatic carbocycles. The van der Waals surface area contributed by atoms with E-state index in [2.05, 4.69) is 82.5 Å². The molecule has 1 unspecified atom stereocenters. The Morgan fingerprint density at radius 2 is 1.80 bits per heavy atom. The quantitative estimate of drug-likeness (QED) is 0.276.